The van der Waals surface area contributed by atoms with Crippen LogP contribution in [0.5, 0.6) is 5.75 Å². The van der Waals surface area contributed by atoms with Crippen LogP contribution < -0.4 is 20.9 Å². The van der Waals surface area contributed by atoms with Gasteiger partial charge in [-0.15, -0.1) is 0 Å². The molecule has 0 bridgehead atoms. The van der Waals surface area contributed by atoms with Gasteiger partial charge in [0, 0.05) is 0 Å². The Bertz CT molecular complexity index is 1010. The number of hydrogen-bond acceptors (Lipinski definition) is 4. The second kappa shape index (κ2) is 10.7. The maximum atomic E-state index is 12.5. The highest BCUT2D eigenvalue weighted by molar-refractivity contribution is 7.80. The second-order valence-electron chi connectivity index (χ2n) is 6.39. The van der Waals surface area contributed by atoms with Crippen molar-refractivity contribution in [1.82, 2.24) is 16.2 Å². The highest BCUT2D eigenvalue weighted by Crippen LogP contribution is 2.19. The number of thiocarbonyl (C=S) groups is 1. The van der Waals surface area contributed by atoms with E-state index in [9.17, 15) is 9.59 Å². The largest absolute Gasteiger partial charge is 0.488 e. The van der Waals surface area contributed by atoms with Gasteiger partial charge < -0.3 is 10.1 Å². The molecular weight excluding hydrogens is 398 g/mol. The van der Waals surface area contributed by atoms with E-state index < -0.39 is 5.91 Å². The molecule has 6 nitrogen and oxygen atoms in total. The standard InChI is InChI=1S/C23H21N3O3S/c27-21(15-17-9-3-1-4-10-17)24-23(30)26-25-22(28)19-13-7-8-14-20(19)29-16-18-11-5-2-6-12-18/h1-14H,15-16H2,(H,25,28)(H2,24,26,27,30). The van der Waals surface area contributed by atoms with Crippen LogP contribution in [-0.4, -0.2) is 16.9 Å². The average molecular weight is 420 g/mol. The zero-order valence-corrected chi connectivity index (χ0v) is 16.9. The summed E-state index contributed by atoms with van der Waals surface area (Å²) in [6.07, 6.45) is 0.187. The average Bonchev–Trinajstić information content (AvgIpc) is 2.77. The number of benzene rings is 3. The van der Waals surface area contributed by atoms with Crippen LogP contribution in [0.15, 0.2) is 84.9 Å². The Morgan fingerprint density at radius 3 is 2.07 bits per heavy atom. The van der Waals surface area contributed by atoms with Gasteiger partial charge in [-0.25, -0.2) is 0 Å². The molecule has 0 atom stereocenters. The summed E-state index contributed by atoms with van der Waals surface area (Å²) in [6.45, 7) is 0.340. The lowest BCUT2D eigenvalue weighted by atomic mass is 10.1. The summed E-state index contributed by atoms with van der Waals surface area (Å²) in [5, 5.41) is 2.54. The summed E-state index contributed by atoms with van der Waals surface area (Å²) in [5.74, 6) is -0.266. The van der Waals surface area contributed by atoms with Gasteiger partial charge >= 0.3 is 0 Å². The molecule has 30 heavy (non-hydrogen) atoms. The van der Waals surface area contributed by atoms with E-state index in [0.717, 1.165) is 11.1 Å². The van der Waals surface area contributed by atoms with E-state index in [-0.39, 0.29) is 17.4 Å². The topological polar surface area (TPSA) is 79.5 Å². The van der Waals surface area contributed by atoms with E-state index in [0.29, 0.717) is 17.9 Å². The summed E-state index contributed by atoms with van der Waals surface area (Å²) >= 11 is 5.07. The van der Waals surface area contributed by atoms with Gasteiger partial charge in [-0.1, -0.05) is 72.8 Å². The predicted octanol–water partition coefficient (Wildman–Crippen LogP) is 3.14. The molecular formula is C23H21N3O3S. The number of rotatable bonds is 6. The van der Waals surface area contributed by atoms with Gasteiger partial charge in [0.2, 0.25) is 5.91 Å². The molecule has 0 saturated carbocycles. The number of nitrogens with one attached hydrogen (secondary N) is 3. The third-order valence-corrected chi connectivity index (χ3v) is 4.32. The molecule has 0 saturated heterocycles. The Hall–Kier alpha value is -3.71. The van der Waals surface area contributed by atoms with Crippen LogP contribution in [0, 0.1) is 0 Å². The Morgan fingerprint density at radius 1 is 0.767 bits per heavy atom. The highest BCUT2D eigenvalue weighted by Gasteiger charge is 2.13. The quantitative estimate of drug-likeness (QED) is 0.423. The molecule has 0 fully saturated rings. The van der Waals surface area contributed by atoms with E-state index >= 15 is 0 Å². The lowest BCUT2D eigenvalue weighted by Gasteiger charge is -2.13. The maximum Gasteiger partial charge on any atom is 0.273 e. The van der Waals surface area contributed by atoms with Gasteiger partial charge in [0.25, 0.3) is 5.91 Å². The van der Waals surface area contributed by atoms with E-state index in [4.69, 9.17) is 17.0 Å². The number of para-hydroxylation sites is 1. The normalized spacial score (nSPS) is 10.0. The number of hydrazine groups is 1. The fraction of sp³-hybridized carbons (Fsp3) is 0.0870. The van der Waals surface area contributed by atoms with Crippen molar-refractivity contribution < 1.29 is 14.3 Å². The molecule has 0 radical (unpaired) electrons. The summed E-state index contributed by atoms with van der Waals surface area (Å²) in [4.78, 5) is 24.6. The van der Waals surface area contributed by atoms with Crippen LogP contribution in [0.4, 0.5) is 0 Å². The molecule has 0 unspecified atom stereocenters. The molecule has 0 heterocycles. The summed E-state index contributed by atoms with van der Waals surface area (Å²) in [7, 11) is 0. The highest BCUT2D eigenvalue weighted by atomic mass is 32.1. The number of ether oxygens (including phenoxy) is 1. The minimum atomic E-state index is -0.432. The molecule has 2 amide bonds. The molecule has 3 N–H and O–H groups in total. The van der Waals surface area contributed by atoms with Gasteiger partial charge in [0.1, 0.15) is 12.4 Å². The van der Waals surface area contributed by atoms with Crippen molar-refractivity contribution in [3.63, 3.8) is 0 Å². The predicted molar refractivity (Wildman–Crippen MR) is 119 cm³/mol. The molecule has 152 valence electrons. The molecule has 0 aliphatic heterocycles. The van der Waals surface area contributed by atoms with Crippen LogP contribution in [-0.2, 0) is 17.8 Å². The number of amides is 2. The molecule has 0 spiro atoms. The number of carbonyl (C=O) groups excluding carboxylic acids is 2. The zero-order valence-electron chi connectivity index (χ0n) is 16.1. The third-order valence-electron chi connectivity index (χ3n) is 4.12. The Balaban J connectivity index is 1.50. The Labute approximate surface area is 180 Å². The first-order chi connectivity index (χ1) is 14.6. The monoisotopic (exact) mass is 419 g/mol. The first-order valence-electron chi connectivity index (χ1n) is 9.31. The number of carbonyl (C=O) groups is 2. The fourth-order valence-electron chi connectivity index (χ4n) is 2.68. The third kappa shape index (κ3) is 6.42. The van der Waals surface area contributed by atoms with Crippen molar-refractivity contribution >= 4 is 29.1 Å². The minimum absolute atomic E-state index is 0.00645. The van der Waals surface area contributed by atoms with E-state index in [1.165, 1.54) is 0 Å². The van der Waals surface area contributed by atoms with Crippen LogP contribution in [0.25, 0.3) is 0 Å². The number of hydrogen-bond donors (Lipinski definition) is 3. The second-order valence-corrected chi connectivity index (χ2v) is 6.80. The summed E-state index contributed by atoms with van der Waals surface area (Å²) in [6, 6.07) is 25.9. The van der Waals surface area contributed by atoms with Crippen LogP contribution in [0.2, 0.25) is 0 Å². The molecule has 7 heteroatoms. The van der Waals surface area contributed by atoms with Crippen LogP contribution in [0.3, 0.4) is 0 Å². The molecule has 0 aliphatic rings. The van der Waals surface area contributed by atoms with Gasteiger partial charge in [0.05, 0.1) is 12.0 Å². The summed E-state index contributed by atoms with van der Waals surface area (Å²) in [5.41, 5.74) is 7.23. The van der Waals surface area contributed by atoms with Crippen molar-refractivity contribution in [1.29, 1.82) is 0 Å². The van der Waals surface area contributed by atoms with Crippen molar-refractivity contribution in [3.8, 4) is 5.75 Å². The molecule has 3 aromatic rings. The zero-order chi connectivity index (χ0) is 21.2. The smallest absolute Gasteiger partial charge is 0.273 e. The van der Waals surface area contributed by atoms with Gasteiger partial charge in [-0.05, 0) is 35.5 Å². The van der Waals surface area contributed by atoms with Gasteiger partial charge in [0.15, 0.2) is 5.11 Å². The Morgan fingerprint density at radius 2 is 1.37 bits per heavy atom. The van der Waals surface area contributed by atoms with E-state index in [1.807, 2.05) is 60.7 Å². The van der Waals surface area contributed by atoms with Crippen LogP contribution in [0.1, 0.15) is 21.5 Å². The first-order valence-corrected chi connectivity index (χ1v) is 9.72. The Kier molecular flexibility index (Phi) is 7.51. The SMILES string of the molecule is O=C(Cc1ccccc1)NC(=S)NNC(=O)c1ccccc1OCc1ccccc1. The van der Waals surface area contributed by atoms with Gasteiger partial charge in [-0.3, -0.25) is 20.4 Å². The molecule has 0 aromatic heterocycles. The molecule has 3 rings (SSSR count). The van der Waals surface area contributed by atoms with Crippen molar-refractivity contribution in [2.24, 2.45) is 0 Å². The minimum Gasteiger partial charge on any atom is -0.488 e. The fourth-order valence-corrected chi connectivity index (χ4v) is 2.84. The van der Waals surface area contributed by atoms with Crippen molar-refractivity contribution in [2.75, 3.05) is 0 Å². The van der Waals surface area contributed by atoms with Crippen molar-refractivity contribution in [3.05, 3.63) is 102 Å². The molecule has 0 aliphatic carbocycles. The lowest BCUT2D eigenvalue weighted by Crippen LogP contribution is -2.48. The van der Waals surface area contributed by atoms with E-state index in [2.05, 4.69) is 16.2 Å². The van der Waals surface area contributed by atoms with E-state index in [1.54, 1.807) is 24.3 Å². The molecule has 3 aromatic carbocycles. The first kappa shape index (κ1) is 21.0. The lowest BCUT2D eigenvalue weighted by molar-refractivity contribution is -0.119. The summed E-state index contributed by atoms with van der Waals surface area (Å²) < 4.78 is 5.79. The van der Waals surface area contributed by atoms with Crippen molar-refractivity contribution in [2.45, 2.75) is 13.0 Å². The maximum absolute atomic E-state index is 12.5. The van der Waals surface area contributed by atoms with Gasteiger partial charge in [-0.2, -0.15) is 0 Å². The van der Waals surface area contributed by atoms with Crippen LogP contribution >= 0.6 is 12.2 Å².